The molecule has 2 aromatic carbocycles. The smallest absolute Gasteiger partial charge is 0.336 e. The zero-order chi connectivity index (χ0) is 20.8. The van der Waals surface area contributed by atoms with Gasteiger partial charge in [0.05, 0.1) is 11.5 Å². The number of carbonyl (C=O) groups is 3. The van der Waals surface area contributed by atoms with Crippen LogP contribution in [0.4, 0.5) is 5.69 Å². The van der Waals surface area contributed by atoms with Crippen molar-refractivity contribution in [2.24, 2.45) is 5.92 Å². The fourth-order valence-electron chi connectivity index (χ4n) is 3.35. The molecule has 1 unspecified atom stereocenters. The molecule has 1 aliphatic rings. The van der Waals surface area contributed by atoms with Crippen molar-refractivity contribution in [1.29, 1.82) is 0 Å². The van der Waals surface area contributed by atoms with Crippen LogP contribution in [-0.2, 0) is 9.59 Å². The molecule has 0 aliphatic carbocycles. The number of ether oxygens (including phenoxy) is 1. The van der Waals surface area contributed by atoms with Crippen LogP contribution in [-0.4, -0.2) is 47.5 Å². The van der Waals surface area contributed by atoms with E-state index in [-0.39, 0.29) is 29.9 Å². The van der Waals surface area contributed by atoms with Gasteiger partial charge in [0.1, 0.15) is 5.75 Å². The highest BCUT2D eigenvalue weighted by Gasteiger charge is 2.28. The van der Waals surface area contributed by atoms with E-state index in [1.165, 1.54) is 6.07 Å². The number of likely N-dealkylation sites (tertiary alicyclic amines) is 1. The second-order valence-electron chi connectivity index (χ2n) is 7.10. The molecule has 1 fully saturated rings. The van der Waals surface area contributed by atoms with Gasteiger partial charge in [0, 0.05) is 18.8 Å². The van der Waals surface area contributed by atoms with Gasteiger partial charge in [-0.05, 0) is 49.6 Å². The minimum absolute atomic E-state index is 0.0711. The first-order chi connectivity index (χ1) is 13.9. The van der Waals surface area contributed by atoms with Crippen LogP contribution >= 0.6 is 0 Å². The minimum Gasteiger partial charge on any atom is -0.484 e. The maximum absolute atomic E-state index is 12.7. The molecule has 7 heteroatoms. The summed E-state index contributed by atoms with van der Waals surface area (Å²) >= 11 is 0. The maximum atomic E-state index is 12.7. The number of aryl methyl sites for hydroxylation is 1. The van der Waals surface area contributed by atoms with Crippen LogP contribution in [0.15, 0.2) is 48.5 Å². The average molecular weight is 396 g/mol. The molecule has 1 saturated heterocycles. The summed E-state index contributed by atoms with van der Waals surface area (Å²) in [7, 11) is 0. The molecule has 1 aliphatic heterocycles. The number of carboxylic acid groups (broad SMARTS) is 1. The zero-order valence-corrected chi connectivity index (χ0v) is 16.3. The minimum atomic E-state index is -1.04. The summed E-state index contributed by atoms with van der Waals surface area (Å²) in [6.45, 7) is 2.55. The lowest BCUT2D eigenvalue weighted by Crippen LogP contribution is -2.45. The predicted octanol–water partition coefficient (Wildman–Crippen LogP) is 2.95. The molecule has 1 atom stereocenters. The van der Waals surface area contributed by atoms with Crippen LogP contribution in [0.1, 0.15) is 28.8 Å². The van der Waals surface area contributed by atoms with Gasteiger partial charge < -0.3 is 20.1 Å². The third-order valence-electron chi connectivity index (χ3n) is 4.99. The highest BCUT2D eigenvalue weighted by Crippen LogP contribution is 2.21. The van der Waals surface area contributed by atoms with Gasteiger partial charge in [-0.25, -0.2) is 4.79 Å². The molecule has 1 heterocycles. The summed E-state index contributed by atoms with van der Waals surface area (Å²) in [4.78, 5) is 38.0. The summed E-state index contributed by atoms with van der Waals surface area (Å²) in [6, 6.07) is 13.9. The molecular formula is C22H24N2O5. The molecule has 0 spiro atoms. The third-order valence-corrected chi connectivity index (χ3v) is 4.99. The number of carboxylic acids is 1. The largest absolute Gasteiger partial charge is 0.484 e. The SMILES string of the molecule is Cc1ccc(NC(=O)C2CCCN(C(=O)COc3ccccc3)C2)cc1C(=O)O. The van der Waals surface area contributed by atoms with Crippen molar-refractivity contribution in [1.82, 2.24) is 4.90 Å². The topological polar surface area (TPSA) is 95.9 Å². The summed E-state index contributed by atoms with van der Waals surface area (Å²) in [5, 5.41) is 12.0. The van der Waals surface area contributed by atoms with E-state index < -0.39 is 5.97 Å². The number of anilines is 1. The lowest BCUT2D eigenvalue weighted by molar-refractivity contribution is -0.136. The van der Waals surface area contributed by atoms with Crippen LogP contribution in [0.5, 0.6) is 5.75 Å². The van der Waals surface area contributed by atoms with E-state index in [0.29, 0.717) is 36.5 Å². The molecule has 152 valence electrons. The Morgan fingerprint density at radius 3 is 2.66 bits per heavy atom. The summed E-state index contributed by atoms with van der Waals surface area (Å²) in [5.41, 5.74) is 1.22. The second kappa shape index (κ2) is 9.23. The van der Waals surface area contributed by atoms with Gasteiger partial charge in [-0.1, -0.05) is 24.3 Å². The molecule has 2 aromatic rings. The van der Waals surface area contributed by atoms with Gasteiger partial charge in [0.25, 0.3) is 5.91 Å². The van der Waals surface area contributed by atoms with Gasteiger partial charge in [-0.2, -0.15) is 0 Å². The molecule has 2 amide bonds. The first-order valence-corrected chi connectivity index (χ1v) is 9.54. The Morgan fingerprint density at radius 2 is 1.93 bits per heavy atom. The van der Waals surface area contributed by atoms with Crippen LogP contribution in [0, 0.1) is 12.8 Å². The van der Waals surface area contributed by atoms with Gasteiger partial charge >= 0.3 is 5.97 Å². The first-order valence-electron chi connectivity index (χ1n) is 9.54. The van der Waals surface area contributed by atoms with Crippen LogP contribution < -0.4 is 10.1 Å². The average Bonchev–Trinajstić information content (AvgIpc) is 2.74. The van der Waals surface area contributed by atoms with Crippen molar-refractivity contribution >= 4 is 23.5 Å². The van der Waals surface area contributed by atoms with Crippen molar-refractivity contribution in [3.63, 3.8) is 0 Å². The summed E-state index contributed by atoms with van der Waals surface area (Å²) in [6.07, 6.45) is 1.40. The molecule has 7 nitrogen and oxygen atoms in total. The lowest BCUT2D eigenvalue weighted by Gasteiger charge is -2.32. The highest BCUT2D eigenvalue weighted by atomic mass is 16.5. The van der Waals surface area contributed by atoms with E-state index in [4.69, 9.17) is 4.74 Å². The van der Waals surface area contributed by atoms with Crippen molar-refractivity contribution in [2.75, 3.05) is 25.0 Å². The molecule has 0 aromatic heterocycles. The summed E-state index contributed by atoms with van der Waals surface area (Å²) in [5.74, 6) is -1.13. The number of para-hydroxylation sites is 1. The van der Waals surface area contributed by atoms with Crippen molar-refractivity contribution < 1.29 is 24.2 Å². The van der Waals surface area contributed by atoms with Gasteiger partial charge in [-0.15, -0.1) is 0 Å². The standard InChI is InChI=1S/C22H24N2O5/c1-15-9-10-17(12-19(15)22(27)28)23-21(26)16-6-5-11-24(13-16)20(25)14-29-18-7-3-2-4-8-18/h2-4,7-10,12,16H,5-6,11,13-14H2,1H3,(H,23,26)(H,27,28). The highest BCUT2D eigenvalue weighted by molar-refractivity contribution is 5.96. The molecule has 0 saturated carbocycles. The summed E-state index contributed by atoms with van der Waals surface area (Å²) < 4.78 is 5.51. The number of benzene rings is 2. The van der Waals surface area contributed by atoms with Crippen molar-refractivity contribution in [3.05, 3.63) is 59.7 Å². The number of nitrogens with one attached hydrogen (secondary N) is 1. The first kappa shape index (κ1) is 20.4. The van der Waals surface area contributed by atoms with E-state index in [1.54, 1.807) is 36.1 Å². The van der Waals surface area contributed by atoms with E-state index in [1.807, 2.05) is 18.2 Å². The zero-order valence-electron chi connectivity index (χ0n) is 16.3. The van der Waals surface area contributed by atoms with Crippen molar-refractivity contribution in [2.45, 2.75) is 19.8 Å². The molecule has 2 N–H and O–H groups in total. The predicted molar refractivity (Wildman–Crippen MR) is 108 cm³/mol. The van der Waals surface area contributed by atoms with E-state index in [2.05, 4.69) is 5.32 Å². The molecule has 29 heavy (non-hydrogen) atoms. The normalized spacial score (nSPS) is 16.2. The van der Waals surface area contributed by atoms with E-state index in [0.717, 1.165) is 6.42 Å². The number of carbonyl (C=O) groups excluding carboxylic acids is 2. The Bertz CT molecular complexity index is 897. The Morgan fingerprint density at radius 1 is 1.17 bits per heavy atom. The number of nitrogens with zero attached hydrogens (tertiary/aromatic N) is 1. The quantitative estimate of drug-likeness (QED) is 0.783. The third kappa shape index (κ3) is 5.34. The van der Waals surface area contributed by atoms with Crippen LogP contribution in [0.2, 0.25) is 0 Å². The Balaban J connectivity index is 1.57. The van der Waals surface area contributed by atoms with Gasteiger partial charge in [0.15, 0.2) is 6.61 Å². The Kier molecular flexibility index (Phi) is 6.49. The molecular weight excluding hydrogens is 372 g/mol. The van der Waals surface area contributed by atoms with Gasteiger partial charge in [0.2, 0.25) is 5.91 Å². The van der Waals surface area contributed by atoms with Crippen LogP contribution in [0.3, 0.4) is 0 Å². The Labute approximate surface area is 169 Å². The van der Waals surface area contributed by atoms with E-state index >= 15 is 0 Å². The van der Waals surface area contributed by atoms with Gasteiger partial charge in [-0.3, -0.25) is 9.59 Å². The van der Waals surface area contributed by atoms with Crippen molar-refractivity contribution in [3.8, 4) is 5.75 Å². The number of hydrogen-bond donors (Lipinski definition) is 2. The number of piperidine rings is 1. The molecule has 0 bridgehead atoms. The molecule has 3 rings (SSSR count). The fourth-order valence-corrected chi connectivity index (χ4v) is 3.35. The van der Waals surface area contributed by atoms with E-state index in [9.17, 15) is 19.5 Å². The monoisotopic (exact) mass is 396 g/mol. The second-order valence-corrected chi connectivity index (χ2v) is 7.10. The fraction of sp³-hybridized carbons (Fsp3) is 0.318. The number of amides is 2. The lowest BCUT2D eigenvalue weighted by atomic mass is 9.96. The Hall–Kier alpha value is -3.35. The number of hydrogen-bond acceptors (Lipinski definition) is 4. The molecule has 0 radical (unpaired) electrons. The number of rotatable bonds is 6. The van der Waals surface area contributed by atoms with Crippen LogP contribution in [0.25, 0.3) is 0 Å². The maximum Gasteiger partial charge on any atom is 0.336 e. The number of aromatic carboxylic acids is 1.